The van der Waals surface area contributed by atoms with Crippen LogP contribution in [0.4, 0.5) is 4.39 Å². The number of nitrogens with zero attached hydrogens (tertiary/aromatic N) is 4. The SMILES string of the molecule is Fc1ccc(OCCCSc2nnc(-c3cccnc3)n2Cc2ccco2)cc1. The van der Waals surface area contributed by atoms with E-state index >= 15 is 0 Å². The van der Waals surface area contributed by atoms with E-state index in [0.717, 1.165) is 34.5 Å². The Morgan fingerprint density at radius 1 is 1.07 bits per heavy atom. The minimum absolute atomic E-state index is 0.270. The molecule has 6 nitrogen and oxygen atoms in total. The molecule has 4 aromatic rings. The highest BCUT2D eigenvalue weighted by molar-refractivity contribution is 7.99. The van der Waals surface area contributed by atoms with Gasteiger partial charge in [0.1, 0.15) is 17.3 Å². The third kappa shape index (κ3) is 5.03. The highest BCUT2D eigenvalue weighted by Gasteiger charge is 2.15. The molecule has 0 spiro atoms. The number of pyridine rings is 1. The molecule has 0 unspecified atom stereocenters. The van der Waals surface area contributed by atoms with Gasteiger partial charge in [-0.05, 0) is 55.0 Å². The summed E-state index contributed by atoms with van der Waals surface area (Å²) in [6.45, 7) is 1.08. The van der Waals surface area contributed by atoms with E-state index in [4.69, 9.17) is 9.15 Å². The number of rotatable bonds is 9. The predicted octanol–water partition coefficient (Wildman–Crippen LogP) is 4.68. The lowest BCUT2D eigenvalue weighted by Crippen LogP contribution is -2.04. The maximum atomic E-state index is 12.9. The molecule has 0 aliphatic rings. The van der Waals surface area contributed by atoms with Gasteiger partial charge in [-0.1, -0.05) is 11.8 Å². The lowest BCUT2D eigenvalue weighted by atomic mass is 10.2. The maximum absolute atomic E-state index is 12.9. The number of benzene rings is 1. The van der Waals surface area contributed by atoms with Gasteiger partial charge in [0, 0.05) is 23.7 Å². The van der Waals surface area contributed by atoms with Crippen molar-refractivity contribution in [2.24, 2.45) is 0 Å². The molecule has 4 rings (SSSR count). The number of aromatic nitrogens is 4. The normalized spacial score (nSPS) is 10.9. The lowest BCUT2D eigenvalue weighted by molar-refractivity contribution is 0.318. The second kappa shape index (κ2) is 9.38. The second-order valence-electron chi connectivity index (χ2n) is 6.22. The minimum Gasteiger partial charge on any atom is -0.494 e. The Kier molecular flexibility index (Phi) is 6.21. The Hall–Kier alpha value is -3.13. The largest absolute Gasteiger partial charge is 0.494 e. The van der Waals surface area contributed by atoms with E-state index in [-0.39, 0.29) is 5.82 Å². The summed E-state index contributed by atoms with van der Waals surface area (Å²) in [4.78, 5) is 4.18. The molecule has 0 atom stereocenters. The highest BCUT2D eigenvalue weighted by atomic mass is 32.2. The molecule has 8 heteroatoms. The number of hydrogen-bond acceptors (Lipinski definition) is 6. The number of ether oxygens (including phenoxy) is 1. The van der Waals surface area contributed by atoms with Gasteiger partial charge in [0.15, 0.2) is 11.0 Å². The molecule has 0 N–H and O–H groups in total. The van der Waals surface area contributed by atoms with E-state index in [9.17, 15) is 4.39 Å². The molecule has 0 radical (unpaired) electrons. The molecule has 0 aliphatic heterocycles. The van der Waals surface area contributed by atoms with Gasteiger partial charge in [0.25, 0.3) is 0 Å². The summed E-state index contributed by atoms with van der Waals surface area (Å²) in [6, 6.07) is 13.7. The van der Waals surface area contributed by atoms with Crippen molar-refractivity contribution in [3.05, 3.63) is 78.8 Å². The second-order valence-corrected chi connectivity index (χ2v) is 7.28. The third-order valence-electron chi connectivity index (χ3n) is 4.13. The molecule has 148 valence electrons. The summed E-state index contributed by atoms with van der Waals surface area (Å²) in [6.07, 6.45) is 5.97. The van der Waals surface area contributed by atoms with Crippen molar-refractivity contribution < 1.29 is 13.5 Å². The first-order chi connectivity index (χ1) is 14.3. The molecule has 0 aliphatic carbocycles. The topological polar surface area (TPSA) is 66.0 Å². The van der Waals surface area contributed by atoms with Gasteiger partial charge in [-0.25, -0.2) is 4.39 Å². The van der Waals surface area contributed by atoms with E-state index in [1.54, 1.807) is 42.6 Å². The van der Waals surface area contributed by atoms with Crippen LogP contribution in [-0.2, 0) is 6.54 Å². The van der Waals surface area contributed by atoms with Gasteiger partial charge in [0.2, 0.25) is 0 Å². The summed E-state index contributed by atoms with van der Waals surface area (Å²) in [7, 11) is 0. The van der Waals surface area contributed by atoms with E-state index in [0.29, 0.717) is 18.9 Å². The fourth-order valence-electron chi connectivity index (χ4n) is 2.75. The van der Waals surface area contributed by atoms with Crippen LogP contribution in [0.15, 0.2) is 76.8 Å². The molecule has 1 aromatic carbocycles. The van der Waals surface area contributed by atoms with Crippen LogP contribution in [0, 0.1) is 5.82 Å². The van der Waals surface area contributed by atoms with Gasteiger partial charge < -0.3 is 9.15 Å². The van der Waals surface area contributed by atoms with Crippen molar-refractivity contribution >= 4 is 11.8 Å². The summed E-state index contributed by atoms with van der Waals surface area (Å²) < 4.78 is 26.1. The molecule has 0 fully saturated rings. The Labute approximate surface area is 171 Å². The van der Waals surface area contributed by atoms with Crippen molar-refractivity contribution in [1.82, 2.24) is 19.7 Å². The van der Waals surface area contributed by atoms with Crippen molar-refractivity contribution in [3.8, 4) is 17.1 Å². The smallest absolute Gasteiger partial charge is 0.191 e. The van der Waals surface area contributed by atoms with Crippen LogP contribution in [0.3, 0.4) is 0 Å². The lowest BCUT2D eigenvalue weighted by Gasteiger charge is -2.09. The Morgan fingerprint density at radius 2 is 1.97 bits per heavy atom. The highest BCUT2D eigenvalue weighted by Crippen LogP contribution is 2.25. The van der Waals surface area contributed by atoms with Crippen molar-refractivity contribution in [1.29, 1.82) is 0 Å². The standard InChI is InChI=1S/C21H19FN4O2S/c22-17-6-8-18(9-7-17)27-12-3-13-29-21-25-24-20(16-4-1-10-23-14-16)26(21)15-19-5-2-11-28-19/h1-2,4-11,14H,3,12-13,15H2. The first kappa shape index (κ1) is 19.2. The van der Waals surface area contributed by atoms with E-state index in [1.165, 1.54) is 12.1 Å². The van der Waals surface area contributed by atoms with Gasteiger partial charge >= 0.3 is 0 Å². The Morgan fingerprint density at radius 3 is 2.72 bits per heavy atom. The minimum atomic E-state index is -0.270. The number of halogens is 1. The van der Waals surface area contributed by atoms with Crippen LogP contribution in [0.1, 0.15) is 12.2 Å². The summed E-state index contributed by atoms with van der Waals surface area (Å²) >= 11 is 1.61. The third-order valence-corrected chi connectivity index (χ3v) is 5.19. The summed E-state index contributed by atoms with van der Waals surface area (Å²) in [5.41, 5.74) is 0.901. The maximum Gasteiger partial charge on any atom is 0.191 e. The first-order valence-corrected chi connectivity index (χ1v) is 10.2. The van der Waals surface area contributed by atoms with Gasteiger partial charge in [0.05, 0.1) is 19.4 Å². The number of furan rings is 1. The van der Waals surface area contributed by atoms with Crippen LogP contribution in [0.5, 0.6) is 5.75 Å². The summed E-state index contributed by atoms with van der Waals surface area (Å²) in [5, 5.41) is 9.54. The molecule has 0 bridgehead atoms. The number of hydrogen-bond donors (Lipinski definition) is 0. The molecule has 29 heavy (non-hydrogen) atoms. The fourth-order valence-corrected chi connectivity index (χ4v) is 3.60. The molecule has 0 saturated heterocycles. The fraction of sp³-hybridized carbons (Fsp3) is 0.190. The van der Waals surface area contributed by atoms with E-state index in [2.05, 4.69) is 15.2 Å². The van der Waals surface area contributed by atoms with E-state index in [1.807, 2.05) is 28.8 Å². The van der Waals surface area contributed by atoms with Gasteiger partial charge in [-0.15, -0.1) is 10.2 Å². The van der Waals surface area contributed by atoms with E-state index < -0.39 is 0 Å². The molecule has 0 amide bonds. The van der Waals surface area contributed by atoms with Gasteiger partial charge in [-0.2, -0.15) is 0 Å². The number of thioether (sulfide) groups is 1. The van der Waals surface area contributed by atoms with Crippen LogP contribution >= 0.6 is 11.8 Å². The zero-order chi connectivity index (χ0) is 19.9. The molecule has 0 saturated carbocycles. The Balaban J connectivity index is 1.40. The quantitative estimate of drug-likeness (QED) is 0.295. The first-order valence-electron chi connectivity index (χ1n) is 9.17. The van der Waals surface area contributed by atoms with Gasteiger partial charge in [-0.3, -0.25) is 9.55 Å². The van der Waals surface area contributed by atoms with Crippen LogP contribution in [0.2, 0.25) is 0 Å². The van der Waals surface area contributed by atoms with Crippen molar-refractivity contribution in [2.75, 3.05) is 12.4 Å². The average molecular weight is 410 g/mol. The van der Waals surface area contributed by atoms with Crippen LogP contribution in [-0.4, -0.2) is 32.1 Å². The van der Waals surface area contributed by atoms with Crippen LogP contribution in [0.25, 0.3) is 11.4 Å². The zero-order valence-electron chi connectivity index (χ0n) is 15.6. The molecule has 3 aromatic heterocycles. The predicted molar refractivity (Wildman–Crippen MR) is 108 cm³/mol. The molecular formula is C21H19FN4O2S. The average Bonchev–Trinajstić information content (AvgIpc) is 3.40. The monoisotopic (exact) mass is 410 g/mol. The molecule has 3 heterocycles. The van der Waals surface area contributed by atoms with Crippen molar-refractivity contribution in [3.63, 3.8) is 0 Å². The Bertz CT molecular complexity index is 1020. The summed E-state index contributed by atoms with van der Waals surface area (Å²) in [5.74, 6) is 2.78. The zero-order valence-corrected chi connectivity index (χ0v) is 16.4. The molecular weight excluding hydrogens is 391 g/mol. The van der Waals surface area contributed by atoms with Crippen LogP contribution < -0.4 is 4.74 Å². The van der Waals surface area contributed by atoms with Crippen molar-refractivity contribution in [2.45, 2.75) is 18.1 Å².